The topological polar surface area (TPSA) is 21.6 Å². The molecule has 0 bridgehead atoms. The van der Waals surface area contributed by atoms with E-state index in [4.69, 9.17) is 21.3 Å². The number of thiophene rings is 1. The molecule has 2 heterocycles. The molecule has 23 heavy (non-hydrogen) atoms. The minimum Gasteiger partial charge on any atom is -0.496 e. The number of methoxy groups -OCH3 is 1. The third-order valence-corrected chi connectivity index (χ3v) is 5.97. The summed E-state index contributed by atoms with van der Waals surface area (Å²) in [6, 6.07) is 12.4. The summed E-state index contributed by atoms with van der Waals surface area (Å²) in [5.41, 5.74) is 4.57. The summed E-state index contributed by atoms with van der Waals surface area (Å²) in [6.07, 6.45) is 0.907. The number of rotatable bonds is 2. The molecule has 1 aliphatic rings. The van der Waals surface area contributed by atoms with Crippen molar-refractivity contribution >= 4 is 38.7 Å². The maximum absolute atomic E-state index is 6.73. The van der Waals surface area contributed by atoms with Gasteiger partial charge in [-0.25, -0.2) is 0 Å². The van der Waals surface area contributed by atoms with Crippen LogP contribution in [0.5, 0.6) is 5.75 Å². The highest BCUT2D eigenvalue weighted by Gasteiger charge is 2.23. The van der Waals surface area contributed by atoms with Crippen molar-refractivity contribution in [3.05, 3.63) is 63.0 Å². The number of fused-ring (bicyclic) bond motifs is 2. The van der Waals surface area contributed by atoms with Crippen molar-refractivity contribution in [2.45, 2.75) is 13.3 Å². The van der Waals surface area contributed by atoms with Gasteiger partial charge in [-0.05, 0) is 31.0 Å². The van der Waals surface area contributed by atoms with Crippen molar-refractivity contribution in [3.8, 4) is 5.75 Å². The first-order valence-electron chi connectivity index (χ1n) is 7.59. The quantitative estimate of drug-likeness (QED) is 0.622. The Balaban J connectivity index is 1.95. The van der Waals surface area contributed by atoms with E-state index in [1.807, 2.05) is 12.1 Å². The molecule has 0 N–H and O–H groups in total. The highest BCUT2D eigenvalue weighted by atomic mass is 35.5. The molecule has 116 valence electrons. The summed E-state index contributed by atoms with van der Waals surface area (Å²) in [5, 5.41) is 1.96. The number of aliphatic imine (C=N–C) groups is 1. The Morgan fingerprint density at radius 2 is 2.00 bits per heavy atom. The van der Waals surface area contributed by atoms with E-state index in [0.29, 0.717) is 0 Å². The average molecular weight is 342 g/mol. The molecule has 2 nitrogen and oxygen atoms in total. The molecule has 0 amide bonds. The van der Waals surface area contributed by atoms with E-state index in [-0.39, 0.29) is 0 Å². The van der Waals surface area contributed by atoms with E-state index in [1.54, 1.807) is 18.4 Å². The molecule has 4 rings (SSSR count). The molecular formula is C19H16ClNOS. The van der Waals surface area contributed by atoms with Crippen molar-refractivity contribution in [1.29, 1.82) is 0 Å². The first-order valence-corrected chi connectivity index (χ1v) is 8.79. The summed E-state index contributed by atoms with van der Waals surface area (Å²) >= 11 is 8.45. The van der Waals surface area contributed by atoms with Crippen LogP contribution in [0.3, 0.4) is 0 Å². The van der Waals surface area contributed by atoms with Crippen LogP contribution in [0.2, 0.25) is 5.02 Å². The zero-order valence-electron chi connectivity index (χ0n) is 13.0. The van der Waals surface area contributed by atoms with Crippen LogP contribution in [0.15, 0.2) is 41.4 Å². The van der Waals surface area contributed by atoms with Crippen LogP contribution in [0.25, 0.3) is 10.1 Å². The van der Waals surface area contributed by atoms with Crippen molar-refractivity contribution in [2.75, 3.05) is 13.7 Å². The largest absolute Gasteiger partial charge is 0.496 e. The normalized spacial score (nSPS) is 13.8. The van der Waals surface area contributed by atoms with Gasteiger partial charge in [0.25, 0.3) is 0 Å². The summed E-state index contributed by atoms with van der Waals surface area (Å²) in [6.45, 7) is 2.87. The Hall–Kier alpha value is -1.84. The second-order valence-electron chi connectivity index (χ2n) is 5.66. The highest BCUT2D eigenvalue weighted by Crippen LogP contribution is 2.40. The Labute approximate surface area is 144 Å². The molecule has 0 unspecified atom stereocenters. The SMILES string of the molecule is COc1cccc2c1CCN=C2c1sc2cccc(C)c2c1Cl. The van der Waals surface area contributed by atoms with Crippen molar-refractivity contribution in [2.24, 2.45) is 4.99 Å². The lowest BCUT2D eigenvalue weighted by Crippen LogP contribution is -2.14. The third kappa shape index (κ3) is 2.27. The van der Waals surface area contributed by atoms with Gasteiger partial charge in [0.05, 0.1) is 22.7 Å². The fourth-order valence-electron chi connectivity index (χ4n) is 3.22. The van der Waals surface area contributed by atoms with Crippen LogP contribution in [-0.4, -0.2) is 19.4 Å². The molecule has 0 spiro atoms. The van der Waals surface area contributed by atoms with Crippen LogP contribution >= 0.6 is 22.9 Å². The molecule has 1 aromatic heterocycles. The molecule has 0 radical (unpaired) electrons. The molecule has 0 saturated heterocycles. The first-order chi connectivity index (χ1) is 11.2. The van der Waals surface area contributed by atoms with E-state index in [9.17, 15) is 0 Å². The number of benzene rings is 2. The number of aryl methyl sites for hydroxylation is 1. The van der Waals surface area contributed by atoms with Gasteiger partial charge in [0.15, 0.2) is 0 Å². The fraction of sp³-hybridized carbons (Fsp3) is 0.211. The monoisotopic (exact) mass is 341 g/mol. The minimum absolute atomic E-state index is 0.770. The molecule has 2 aromatic carbocycles. The number of ether oxygens (including phenoxy) is 1. The third-order valence-electron chi connectivity index (χ3n) is 4.32. The van der Waals surface area contributed by atoms with Crippen LogP contribution in [0.1, 0.15) is 21.6 Å². The van der Waals surface area contributed by atoms with Crippen molar-refractivity contribution in [3.63, 3.8) is 0 Å². The maximum atomic E-state index is 6.73. The summed E-state index contributed by atoms with van der Waals surface area (Å²) in [4.78, 5) is 5.85. The van der Waals surface area contributed by atoms with Crippen molar-refractivity contribution < 1.29 is 4.74 Å². The first kappa shape index (κ1) is 14.7. The second kappa shape index (κ2) is 5.66. The number of hydrogen-bond acceptors (Lipinski definition) is 3. The smallest absolute Gasteiger partial charge is 0.122 e. The average Bonchev–Trinajstić information content (AvgIpc) is 2.91. The van der Waals surface area contributed by atoms with E-state index >= 15 is 0 Å². The van der Waals surface area contributed by atoms with Gasteiger partial charge in [-0.15, -0.1) is 11.3 Å². The van der Waals surface area contributed by atoms with E-state index in [0.717, 1.165) is 45.3 Å². The Kier molecular flexibility index (Phi) is 3.63. The number of nitrogens with zero attached hydrogens (tertiary/aromatic N) is 1. The van der Waals surface area contributed by atoms with Gasteiger partial charge in [0, 0.05) is 27.8 Å². The van der Waals surface area contributed by atoms with Crippen LogP contribution < -0.4 is 4.74 Å². The summed E-state index contributed by atoms with van der Waals surface area (Å²) in [5.74, 6) is 0.934. The highest BCUT2D eigenvalue weighted by molar-refractivity contribution is 7.22. The number of halogens is 1. The zero-order valence-corrected chi connectivity index (χ0v) is 14.6. The van der Waals surface area contributed by atoms with Gasteiger partial charge >= 0.3 is 0 Å². The van der Waals surface area contributed by atoms with E-state index in [2.05, 4.69) is 31.2 Å². The molecule has 0 saturated carbocycles. The molecule has 0 fully saturated rings. The van der Waals surface area contributed by atoms with Gasteiger partial charge in [-0.3, -0.25) is 4.99 Å². The van der Waals surface area contributed by atoms with Crippen molar-refractivity contribution in [1.82, 2.24) is 0 Å². The van der Waals surface area contributed by atoms with Gasteiger partial charge in [0.2, 0.25) is 0 Å². The zero-order chi connectivity index (χ0) is 16.0. The number of hydrogen-bond donors (Lipinski definition) is 0. The lowest BCUT2D eigenvalue weighted by molar-refractivity contribution is 0.409. The van der Waals surface area contributed by atoms with Gasteiger partial charge < -0.3 is 4.74 Å². The minimum atomic E-state index is 0.770. The lowest BCUT2D eigenvalue weighted by atomic mass is 9.95. The molecule has 0 aliphatic carbocycles. The molecule has 1 aliphatic heterocycles. The van der Waals surface area contributed by atoms with E-state index < -0.39 is 0 Å². The molecule has 3 aromatic rings. The van der Waals surface area contributed by atoms with Gasteiger partial charge in [0.1, 0.15) is 5.75 Å². The van der Waals surface area contributed by atoms with Crippen LogP contribution in [0.4, 0.5) is 0 Å². The lowest BCUT2D eigenvalue weighted by Gasteiger charge is -2.19. The summed E-state index contributed by atoms with van der Waals surface area (Å²) in [7, 11) is 1.72. The van der Waals surface area contributed by atoms with E-state index in [1.165, 1.54) is 15.8 Å². The maximum Gasteiger partial charge on any atom is 0.122 e. The van der Waals surface area contributed by atoms with Crippen LogP contribution in [-0.2, 0) is 6.42 Å². The molecule has 0 atom stereocenters. The standard InChI is InChI=1S/C19H16ClNOS/c1-11-5-3-8-15-16(11)17(20)19(23-15)18-13-6-4-7-14(22-2)12(13)9-10-21-18/h3-8H,9-10H2,1-2H3. The predicted molar refractivity (Wildman–Crippen MR) is 98.8 cm³/mol. The second-order valence-corrected chi connectivity index (χ2v) is 7.09. The van der Waals surface area contributed by atoms with Crippen LogP contribution in [0, 0.1) is 6.92 Å². The Bertz CT molecular complexity index is 942. The van der Waals surface area contributed by atoms with Gasteiger partial charge in [-0.1, -0.05) is 35.9 Å². The summed E-state index contributed by atoms with van der Waals surface area (Å²) < 4.78 is 6.73. The van der Waals surface area contributed by atoms with Gasteiger partial charge in [-0.2, -0.15) is 0 Å². The predicted octanol–water partition coefficient (Wildman–Crippen LogP) is 5.27. The molecule has 4 heteroatoms. The Morgan fingerprint density at radius 1 is 1.17 bits per heavy atom. The Morgan fingerprint density at radius 3 is 2.78 bits per heavy atom. The fourth-order valence-corrected chi connectivity index (χ4v) is 4.93. The molecular weight excluding hydrogens is 326 g/mol.